The molecule has 0 heterocycles. The third-order valence-electron chi connectivity index (χ3n) is 0.715. The predicted octanol–water partition coefficient (Wildman–Crippen LogP) is -0.473. The van der Waals surface area contributed by atoms with E-state index >= 15 is 0 Å². The van der Waals surface area contributed by atoms with Crippen LogP contribution in [0.5, 0.6) is 0 Å². The fourth-order valence-electron chi connectivity index (χ4n) is 0.257. The van der Waals surface area contributed by atoms with Gasteiger partial charge in [-0.15, -0.1) is 0 Å². The maximum Gasteiger partial charge on any atom is 0.320 e. The zero-order valence-corrected chi connectivity index (χ0v) is 5.24. The van der Waals surface area contributed by atoms with Gasteiger partial charge in [-0.25, -0.2) is 0 Å². The van der Waals surface area contributed by atoms with Gasteiger partial charge in [0.15, 0.2) is 0 Å². The maximum absolute atomic E-state index is 10.5. The standard InChI is InChI=1S/C6H14N2O2/c7-4-2-1-3-5(8)6(9)10/h5H,1-4,7-8H2,(H,9,10)/t5-/m0/s1/i1D2,2D2,3+1D,4+1D,5+1,6+1,7+1,8+1/t3-,4-,5+/m1. The van der Waals surface area contributed by atoms with Crippen LogP contribution in [-0.4, -0.2) is 23.6 Å². The number of carboxylic acid groups (broad SMARTS) is 1. The molecule has 0 aliphatic rings. The van der Waals surface area contributed by atoms with E-state index in [-0.39, 0.29) is 0 Å². The average Bonchev–Trinajstić information content (AvgIpc) is 2.14. The quantitative estimate of drug-likeness (QED) is 0.372. The predicted molar refractivity (Wildman–Crippen MR) is 38.5 cm³/mol. The van der Waals surface area contributed by atoms with Gasteiger partial charge in [0.05, 0.1) is 0 Å². The van der Waals surface area contributed by atoms with Crippen molar-refractivity contribution in [3.63, 3.8) is 0 Å². The molecule has 4 heteroatoms. The number of hydrogen-bond acceptors (Lipinski definition) is 3. The van der Waals surface area contributed by atoms with Gasteiger partial charge >= 0.3 is 5.97 Å². The molecule has 0 aromatic carbocycles. The topological polar surface area (TPSA) is 89.3 Å². The highest BCUT2D eigenvalue weighted by Gasteiger charge is 2.09. The summed E-state index contributed by atoms with van der Waals surface area (Å²) in [6, 6.07) is -1.89. The molecule has 3 atom stereocenters. The Morgan fingerprint density at radius 3 is 2.70 bits per heavy atom. The van der Waals surface area contributed by atoms with E-state index in [9.17, 15) is 4.79 Å². The van der Waals surface area contributed by atoms with Crippen molar-refractivity contribution >= 4 is 5.97 Å². The van der Waals surface area contributed by atoms with E-state index in [1.807, 2.05) is 0 Å². The molecule has 0 radical (unpaired) electrons. The first-order valence-electron chi connectivity index (χ1n) is 5.70. The van der Waals surface area contributed by atoms with Crippen LogP contribution in [0.4, 0.5) is 0 Å². The van der Waals surface area contributed by atoms with Gasteiger partial charge in [0.2, 0.25) is 0 Å². The summed E-state index contributed by atoms with van der Waals surface area (Å²) in [6.07, 6.45) is -7.87. The van der Waals surface area contributed by atoms with Gasteiger partial charge in [-0.05, 0) is 19.3 Å². The molecule has 0 saturated carbocycles. The first-order valence-corrected chi connectivity index (χ1v) is 2.54. The Balaban J connectivity index is 5.12. The second-order valence-electron chi connectivity index (χ2n) is 1.49. The highest BCUT2D eigenvalue weighted by molar-refractivity contribution is 5.72. The Hall–Kier alpha value is -0.610. The summed E-state index contributed by atoms with van der Waals surface area (Å²) in [5.41, 5.74) is 10.00. The largest absolute Gasteiger partial charge is 0.480 e. The Kier molecular flexibility index (Phi) is 1.66. The van der Waals surface area contributed by atoms with E-state index < -0.39 is 37.7 Å². The lowest BCUT2D eigenvalue weighted by atomic mass is 10.5. The number of hydrogen-bond donors (Lipinski definition) is 3. The van der Waals surface area contributed by atoms with Crippen LogP contribution in [0.1, 0.15) is 27.4 Å². The third-order valence-corrected chi connectivity index (χ3v) is 0.715. The second-order valence-corrected chi connectivity index (χ2v) is 1.49. The van der Waals surface area contributed by atoms with E-state index in [1.54, 1.807) is 0 Å². The Morgan fingerprint density at radius 1 is 1.70 bits per heavy atom. The SMILES string of the molecule is [2H][13C@@H]([15NH2])C([2H])([2H])C([2H])([2H])[13C@@H]([2H])[13C@H]([15NH2])[13C](=O)O. The molecule has 10 heavy (non-hydrogen) atoms. The second kappa shape index (κ2) is 5.20. The summed E-state index contributed by atoms with van der Waals surface area (Å²) in [7, 11) is 0. The van der Waals surface area contributed by atoms with Gasteiger partial charge in [0.1, 0.15) is 6.04 Å². The summed E-state index contributed by atoms with van der Waals surface area (Å²) in [4.78, 5) is 10.5. The minimum Gasteiger partial charge on any atom is -0.480 e. The Morgan fingerprint density at radius 2 is 2.30 bits per heavy atom. The van der Waals surface area contributed by atoms with Gasteiger partial charge in [-0.1, -0.05) is 6.37 Å². The fourth-order valence-corrected chi connectivity index (χ4v) is 0.257. The molecule has 0 saturated heterocycles. The van der Waals surface area contributed by atoms with Crippen molar-refractivity contribution in [2.24, 2.45) is 11.5 Å². The van der Waals surface area contributed by atoms with Gasteiger partial charge in [-0.2, -0.15) is 0 Å². The lowest BCUT2D eigenvalue weighted by Crippen LogP contribution is -2.29. The third kappa shape index (κ3) is 4.29. The molecule has 0 fully saturated rings. The van der Waals surface area contributed by atoms with Crippen molar-refractivity contribution in [2.45, 2.75) is 25.2 Å². The zero-order valence-electron chi connectivity index (χ0n) is 11.2. The van der Waals surface area contributed by atoms with Crippen molar-refractivity contribution in [3.05, 3.63) is 0 Å². The molecule has 0 amide bonds. The van der Waals surface area contributed by atoms with E-state index in [2.05, 4.69) is 0 Å². The summed E-state index contributed by atoms with van der Waals surface area (Å²) < 4.78 is 43.5. The van der Waals surface area contributed by atoms with Gasteiger partial charge in [-0.3, -0.25) is 4.79 Å². The summed E-state index contributed by atoms with van der Waals surface area (Å²) in [5, 5.41) is 8.51. The normalized spacial score (nSPS) is 31.0. The average molecular weight is 158 g/mol. The van der Waals surface area contributed by atoms with E-state index in [0.717, 1.165) is 0 Å². The van der Waals surface area contributed by atoms with Crippen LogP contribution in [-0.2, 0) is 4.79 Å². The summed E-state index contributed by atoms with van der Waals surface area (Å²) >= 11 is 0. The molecule has 0 spiro atoms. The summed E-state index contributed by atoms with van der Waals surface area (Å²) in [5.74, 6) is -1.61. The minimum absolute atomic E-state index is 1.61. The highest BCUT2D eigenvalue weighted by Crippen LogP contribution is 1.96. The first-order chi connectivity index (χ1) is 6.96. The van der Waals surface area contributed by atoms with E-state index in [4.69, 9.17) is 24.8 Å². The van der Waals surface area contributed by atoms with Crippen LogP contribution >= 0.6 is 0 Å². The van der Waals surface area contributed by atoms with Crippen LogP contribution in [0.2, 0.25) is 0 Å². The van der Waals surface area contributed by atoms with Crippen LogP contribution in [0.25, 0.3) is 0 Å². The molecule has 60 valence electrons. The molecular weight excluding hydrogens is 138 g/mol. The molecule has 0 bridgehead atoms. The number of rotatable bonds is 5. The molecule has 0 rings (SSSR count). The zero-order chi connectivity index (χ0) is 13.3. The summed E-state index contributed by atoms with van der Waals surface area (Å²) in [6.45, 7) is -1.93. The highest BCUT2D eigenvalue weighted by atomic mass is 16.5. The maximum atomic E-state index is 10.5. The minimum atomic E-state index is -2.94. The van der Waals surface area contributed by atoms with Crippen LogP contribution in [0.15, 0.2) is 0 Å². The van der Waals surface area contributed by atoms with Crippen molar-refractivity contribution in [2.75, 3.05) is 6.52 Å². The number of aliphatic carboxylic acids is 1. The molecule has 0 aromatic rings. The lowest BCUT2D eigenvalue weighted by molar-refractivity contribution is -0.138. The molecule has 0 aromatic heterocycles. The number of carbonyl (C=O) groups is 1. The van der Waals surface area contributed by atoms with Crippen molar-refractivity contribution in [1.29, 1.82) is 0 Å². The molecule has 0 aliphatic heterocycles. The van der Waals surface area contributed by atoms with Crippen LogP contribution in [0, 0.1) is 0 Å². The Bertz CT molecular complexity index is 272. The van der Waals surface area contributed by atoms with E-state index in [1.165, 1.54) is 0 Å². The number of carboxylic acids is 1. The van der Waals surface area contributed by atoms with Gasteiger partial charge in [0, 0.05) is 8.22 Å². The van der Waals surface area contributed by atoms with E-state index in [0.29, 0.717) is 0 Å². The molecule has 4 nitrogen and oxygen atoms in total. The van der Waals surface area contributed by atoms with Crippen LogP contribution in [0.3, 0.4) is 0 Å². The fraction of sp³-hybridized carbons (Fsp3) is 0.833. The molecule has 0 unspecified atom stereocenters. The van der Waals surface area contributed by atoms with Crippen molar-refractivity contribution in [1.82, 2.24) is 0 Å². The Labute approximate surface area is 68.6 Å². The molecule has 0 aliphatic carbocycles. The van der Waals surface area contributed by atoms with Gasteiger partial charge in [0.25, 0.3) is 0 Å². The molecule has 5 N–H and O–H groups in total. The lowest BCUT2D eigenvalue weighted by Gasteiger charge is -2.03. The van der Waals surface area contributed by atoms with Crippen LogP contribution < -0.4 is 11.5 Å². The van der Waals surface area contributed by atoms with Crippen molar-refractivity contribution < 1.29 is 18.1 Å². The monoisotopic (exact) mass is 158 g/mol. The van der Waals surface area contributed by atoms with Gasteiger partial charge < -0.3 is 16.6 Å². The first kappa shape index (κ1) is 3.19. The van der Waals surface area contributed by atoms with Crippen molar-refractivity contribution in [3.8, 4) is 0 Å². The number of nitrogens with two attached hydrogens (primary N) is 2. The smallest absolute Gasteiger partial charge is 0.320 e. The molecular formula is C6H14N2O2.